The summed E-state index contributed by atoms with van der Waals surface area (Å²) in [6.07, 6.45) is 0.524. The molecule has 1 amide bonds. The summed E-state index contributed by atoms with van der Waals surface area (Å²) < 4.78 is 37.5. The zero-order chi connectivity index (χ0) is 19.6. The number of benzene rings is 1. The molecule has 3 rings (SSSR count). The fraction of sp³-hybridized carbons (Fsp3) is 0.632. The van der Waals surface area contributed by atoms with Gasteiger partial charge in [-0.15, -0.1) is 0 Å². The van der Waals surface area contributed by atoms with Gasteiger partial charge in [-0.1, -0.05) is 12.1 Å². The van der Waals surface area contributed by atoms with E-state index in [4.69, 9.17) is 0 Å². The Morgan fingerprint density at radius 2 is 1.93 bits per heavy atom. The molecule has 0 bridgehead atoms. The van der Waals surface area contributed by atoms with E-state index in [1.165, 1.54) is 6.07 Å². The first-order valence-corrected chi connectivity index (χ1v) is 11.4. The Balaban J connectivity index is 1.60. The van der Waals surface area contributed by atoms with Crippen molar-refractivity contribution in [2.45, 2.75) is 32.4 Å². The second-order valence-corrected chi connectivity index (χ2v) is 9.56. The molecule has 2 heterocycles. The summed E-state index contributed by atoms with van der Waals surface area (Å²) in [5, 5.41) is 0. The van der Waals surface area contributed by atoms with E-state index in [1.54, 1.807) is 17.0 Å². The van der Waals surface area contributed by atoms with Crippen LogP contribution in [0.3, 0.4) is 0 Å². The van der Waals surface area contributed by atoms with Gasteiger partial charge in [0, 0.05) is 38.8 Å². The van der Waals surface area contributed by atoms with Gasteiger partial charge in [-0.05, 0) is 32.4 Å². The first-order valence-electron chi connectivity index (χ1n) is 9.57. The summed E-state index contributed by atoms with van der Waals surface area (Å²) in [5.41, 5.74) is 0.600. The number of piperazine rings is 1. The number of halogens is 1. The predicted molar refractivity (Wildman–Crippen MR) is 104 cm³/mol. The Morgan fingerprint density at radius 1 is 1.26 bits per heavy atom. The highest BCUT2D eigenvalue weighted by atomic mass is 32.2. The van der Waals surface area contributed by atoms with Crippen molar-refractivity contribution in [3.8, 4) is 0 Å². The number of rotatable bonds is 5. The summed E-state index contributed by atoms with van der Waals surface area (Å²) in [4.78, 5) is 18.8. The minimum absolute atomic E-state index is 0.0149. The van der Waals surface area contributed by atoms with Crippen LogP contribution in [-0.2, 0) is 14.6 Å². The zero-order valence-electron chi connectivity index (χ0n) is 16.0. The SMILES string of the molecule is CCN(C(=O)[C@H](C)N1CCN(c2ccccc2F)CC1)[C@H]1CCS(=O)(=O)C1. The average Bonchev–Trinajstić information content (AvgIpc) is 3.01. The van der Waals surface area contributed by atoms with E-state index in [9.17, 15) is 17.6 Å². The lowest BCUT2D eigenvalue weighted by molar-refractivity contribution is -0.138. The van der Waals surface area contributed by atoms with Crippen LogP contribution in [0.1, 0.15) is 20.3 Å². The van der Waals surface area contributed by atoms with Crippen LogP contribution in [0, 0.1) is 5.82 Å². The van der Waals surface area contributed by atoms with Crippen molar-refractivity contribution in [3.05, 3.63) is 30.1 Å². The zero-order valence-corrected chi connectivity index (χ0v) is 16.8. The molecule has 1 aromatic rings. The molecule has 2 saturated heterocycles. The summed E-state index contributed by atoms with van der Waals surface area (Å²) in [7, 11) is -3.03. The van der Waals surface area contributed by atoms with E-state index in [0.717, 1.165) is 0 Å². The van der Waals surface area contributed by atoms with Crippen LogP contribution in [0.5, 0.6) is 0 Å². The second-order valence-electron chi connectivity index (χ2n) is 7.33. The van der Waals surface area contributed by atoms with Gasteiger partial charge in [0.25, 0.3) is 0 Å². The number of sulfone groups is 1. The van der Waals surface area contributed by atoms with Crippen LogP contribution >= 0.6 is 0 Å². The van der Waals surface area contributed by atoms with Crippen molar-refractivity contribution >= 4 is 21.4 Å². The summed E-state index contributed by atoms with van der Waals surface area (Å²) in [5.74, 6) is -0.00839. The molecule has 6 nitrogen and oxygen atoms in total. The summed E-state index contributed by atoms with van der Waals surface area (Å²) in [6, 6.07) is 6.22. The lowest BCUT2D eigenvalue weighted by Crippen LogP contribution is -2.56. The topological polar surface area (TPSA) is 60.9 Å². The number of nitrogens with zero attached hydrogens (tertiary/aromatic N) is 3. The van der Waals surface area contributed by atoms with E-state index in [2.05, 4.69) is 4.90 Å². The van der Waals surface area contributed by atoms with Gasteiger partial charge < -0.3 is 9.80 Å². The monoisotopic (exact) mass is 397 g/mol. The largest absolute Gasteiger partial charge is 0.367 e. The predicted octanol–water partition coefficient (Wildman–Crippen LogP) is 1.37. The van der Waals surface area contributed by atoms with Crippen molar-refractivity contribution in [1.29, 1.82) is 0 Å². The fourth-order valence-electron chi connectivity index (χ4n) is 4.07. The van der Waals surface area contributed by atoms with Crippen LogP contribution in [-0.4, -0.2) is 80.4 Å². The van der Waals surface area contributed by atoms with Gasteiger partial charge >= 0.3 is 0 Å². The normalized spacial score (nSPS) is 24.0. The highest BCUT2D eigenvalue weighted by molar-refractivity contribution is 7.91. The molecule has 1 aromatic carbocycles. The minimum Gasteiger partial charge on any atom is -0.367 e. The Hall–Kier alpha value is -1.67. The summed E-state index contributed by atoms with van der Waals surface area (Å²) in [6.45, 7) is 6.94. The van der Waals surface area contributed by atoms with Crippen LogP contribution < -0.4 is 4.90 Å². The van der Waals surface area contributed by atoms with Crippen molar-refractivity contribution in [2.24, 2.45) is 0 Å². The first-order chi connectivity index (χ1) is 12.8. The quantitative estimate of drug-likeness (QED) is 0.751. The Kier molecular flexibility index (Phi) is 6.05. The first kappa shape index (κ1) is 20.1. The van der Waals surface area contributed by atoms with E-state index in [-0.39, 0.29) is 35.3 Å². The molecule has 2 aliphatic heterocycles. The smallest absolute Gasteiger partial charge is 0.239 e. The van der Waals surface area contributed by atoms with Gasteiger partial charge in [0.15, 0.2) is 9.84 Å². The molecular formula is C19H28FN3O3S. The highest BCUT2D eigenvalue weighted by Crippen LogP contribution is 2.22. The molecule has 2 aliphatic rings. The maximum absolute atomic E-state index is 14.0. The van der Waals surface area contributed by atoms with E-state index >= 15 is 0 Å². The fourth-order valence-corrected chi connectivity index (χ4v) is 5.80. The third-order valence-corrected chi connectivity index (χ3v) is 7.44. The molecule has 0 N–H and O–H groups in total. The number of anilines is 1. The van der Waals surface area contributed by atoms with E-state index < -0.39 is 9.84 Å². The van der Waals surface area contributed by atoms with E-state index in [0.29, 0.717) is 44.8 Å². The third kappa shape index (κ3) is 4.43. The Bertz CT molecular complexity index is 778. The average molecular weight is 398 g/mol. The van der Waals surface area contributed by atoms with Gasteiger partial charge in [-0.2, -0.15) is 0 Å². The molecule has 0 spiro atoms. The van der Waals surface area contributed by atoms with Gasteiger partial charge in [0.1, 0.15) is 5.82 Å². The van der Waals surface area contributed by atoms with Gasteiger partial charge in [-0.3, -0.25) is 9.69 Å². The second kappa shape index (κ2) is 8.14. The lowest BCUT2D eigenvalue weighted by atomic mass is 10.1. The number of carbonyl (C=O) groups is 1. The van der Waals surface area contributed by atoms with E-state index in [1.807, 2.05) is 24.8 Å². The van der Waals surface area contributed by atoms with Crippen LogP contribution in [0.2, 0.25) is 0 Å². The molecule has 0 saturated carbocycles. The minimum atomic E-state index is -3.03. The molecule has 2 atom stereocenters. The van der Waals surface area contributed by atoms with Crippen LogP contribution in [0.15, 0.2) is 24.3 Å². The maximum Gasteiger partial charge on any atom is 0.239 e. The standard InChI is InChI=1S/C19H28FN3O3S/c1-3-23(16-8-13-27(25,26)14-16)19(24)15(2)21-9-11-22(12-10-21)18-7-5-4-6-17(18)20/h4-7,15-16H,3,8-14H2,1-2H3/t15-,16-/m0/s1. The Labute approximate surface area is 160 Å². The molecule has 0 radical (unpaired) electrons. The number of amides is 1. The van der Waals surface area contributed by atoms with Crippen molar-refractivity contribution < 1.29 is 17.6 Å². The number of hydrogen-bond donors (Lipinski definition) is 0. The van der Waals surface area contributed by atoms with Gasteiger partial charge in [0.2, 0.25) is 5.91 Å². The van der Waals surface area contributed by atoms with Crippen LogP contribution in [0.4, 0.5) is 10.1 Å². The van der Waals surface area contributed by atoms with Crippen molar-refractivity contribution in [3.63, 3.8) is 0 Å². The number of hydrogen-bond acceptors (Lipinski definition) is 5. The summed E-state index contributed by atoms with van der Waals surface area (Å²) >= 11 is 0. The van der Waals surface area contributed by atoms with Gasteiger partial charge in [0.05, 0.1) is 23.2 Å². The molecule has 150 valence electrons. The third-order valence-electron chi connectivity index (χ3n) is 5.69. The molecule has 0 aromatic heterocycles. The maximum atomic E-state index is 14.0. The van der Waals surface area contributed by atoms with Gasteiger partial charge in [-0.25, -0.2) is 12.8 Å². The molecular weight excluding hydrogens is 369 g/mol. The molecule has 0 unspecified atom stereocenters. The lowest BCUT2D eigenvalue weighted by Gasteiger charge is -2.40. The molecule has 8 heteroatoms. The van der Waals surface area contributed by atoms with Crippen LogP contribution in [0.25, 0.3) is 0 Å². The van der Waals surface area contributed by atoms with Crippen molar-refractivity contribution in [2.75, 3.05) is 49.1 Å². The number of carbonyl (C=O) groups excluding carboxylic acids is 1. The molecule has 27 heavy (non-hydrogen) atoms. The molecule has 2 fully saturated rings. The highest BCUT2D eigenvalue weighted by Gasteiger charge is 2.37. The Morgan fingerprint density at radius 3 is 2.48 bits per heavy atom. The van der Waals surface area contributed by atoms with Crippen molar-refractivity contribution in [1.82, 2.24) is 9.80 Å². The molecule has 0 aliphatic carbocycles. The number of likely N-dealkylation sites (N-methyl/N-ethyl adjacent to an activating group) is 1. The number of para-hydroxylation sites is 1.